The SMILES string of the molecule is C=CCN(CC=C)C(Cl)C1CO1. The average Bonchev–Trinajstić information content (AvgIpc) is 2.85. The van der Waals surface area contributed by atoms with E-state index in [2.05, 4.69) is 18.1 Å². The van der Waals surface area contributed by atoms with Gasteiger partial charge in [0.1, 0.15) is 11.6 Å². The lowest BCUT2D eigenvalue weighted by Crippen LogP contribution is -2.35. The molecule has 1 aliphatic heterocycles. The van der Waals surface area contributed by atoms with Crippen molar-refractivity contribution >= 4 is 11.6 Å². The monoisotopic (exact) mass is 187 g/mol. The van der Waals surface area contributed by atoms with Crippen LogP contribution in [0.15, 0.2) is 25.3 Å². The molecule has 1 saturated heterocycles. The van der Waals surface area contributed by atoms with E-state index in [9.17, 15) is 0 Å². The third-order valence-electron chi connectivity index (χ3n) is 1.74. The van der Waals surface area contributed by atoms with Gasteiger partial charge in [0, 0.05) is 13.1 Å². The number of hydrogen-bond acceptors (Lipinski definition) is 2. The molecule has 2 atom stereocenters. The summed E-state index contributed by atoms with van der Waals surface area (Å²) in [7, 11) is 0. The summed E-state index contributed by atoms with van der Waals surface area (Å²) in [5.41, 5.74) is -0.0407. The van der Waals surface area contributed by atoms with Gasteiger partial charge >= 0.3 is 0 Å². The van der Waals surface area contributed by atoms with Crippen LogP contribution < -0.4 is 0 Å². The molecule has 0 N–H and O–H groups in total. The summed E-state index contributed by atoms with van der Waals surface area (Å²) in [6.45, 7) is 9.67. The first kappa shape index (κ1) is 9.78. The predicted molar refractivity (Wildman–Crippen MR) is 51.3 cm³/mol. The summed E-state index contributed by atoms with van der Waals surface area (Å²) in [5, 5.41) is 0. The highest BCUT2D eigenvalue weighted by Gasteiger charge is 2.34. The Morgan fingerprint density at radius 2 is 2.00 bits per heavy atom. The number of alkyl halides is 1. The first-order chi connectivity index (χ1) is 5.79. The molecule has 2 nitrogen and oxygen atoms in total. The second-order valence-corrected chi connectivity index (χ2v) is 3.22. The van der Waals surface area contributed by atoms with Crippen LogP contribution in [0.1, 0.15) is 0 Å². The lowest BCUT2D eigenvalue weighted by Gasteiger charge is -2.22. The quantitative estimate of drug-likeness (QED) is 0.272. The zero-order chi connectivity index (χ0) is 8.97. The molecular weight excluding hydrogens is 174 g/mol. The Morgan fingerprint density at radius 1 is 1.50 bits per heavy atom. The van der Waals surface area contributed by atoms with Gasteiger partial charge in [-0.05, 0) is 0 Å². The normalized spacial score (nSPS) is 23.7. The fourth-order valence-electron chi connectivity index (χ4n) is 1.06. The smallest absolute Gasteiger partial charge is 0.114 e. The maximum absolute atomic E-state index is 6.11. The minimum atomic E-state index is -0.0407. The summed E-state index contributed by atoms with van der Waals surface area (Å²) in [6, 6.07) is 0. The van der Waals surface area contributed by atoms with Gasteiger partial charge in [-0.15, -0.1) is 24.8 Å². The molecule has 2 unspecified atom stereocenters. The van der Waals surface area contributed by atoms with Crippen molar-refractivity contribution in [3.63, 3.8) is 0 Å². The van der Waals surface area contributed by atoms with Crippen molar-refractivity contribution < 1.29 is 4.74 Å². The predicted octanol–water partition coefficient (Wildman–Crippen LogP) is 1.62. The summed E-state index contributed by atoms with van der Waals surface area (Å²) in [6.07, 6.45) is 3.87. The Morgan fingerprint density at radius 3 is 2.33 bits per heavy atom. The van der Waals surface area contributed by atoms with Crippen LogP contribution in [0, 0.1) is 0 Å². The van der Waals surface area contributed by atoms with E-state index in [1.807, 2.05) is 12.2 Å². The fourth-order valence-corrected chi connectivity index (χ4v) is 1.36. The number of epoxide rings is 1. The number of hydrogen-bond donors (Lipinski definition) is 0. The van der Waals surface area contributed by atoms with Gasteiger partial charge in [-0.25, -0.2) is 0 Å². The van der Waals surface area contributed by atoms with Crippen molar-refractivity contribution in [3.8, 4) is 0 Å². The summed E-state index contributed by atoms with van der Waals surface area (Å²) < 4.78 is 5.10. The van der Waals surface area contributed by atoms with Crippen molar-refractivity contribution in [2.45, 2.75) is 11.6 Å². The number of halogens is 1. The Kier molecular flexibility index (Phi) is 3.79. The van der Waals surface area contributed by atoms with Gasteiger partial charge < -0.3 is 4.74 Å². The molecule has 0 spiro atoms. The van der Waals surface area contributed by atoms with Crippen LogP contribution in [0.25, 0.3) is 0 Å². The second kappa shape index (κ2) is 4.65. The van der Waals surface area contributed by atoms with Crippen LogP contribution in [0.3, 0.4) is 0 Å². The highest BCUT2D eigenvalue weighted by atomic mass is 35.5. The van der Waals surface area contributed by atoms with E-state index < -0.39 is 0 Å². The van der Waals surface area contributed by atoms with Gasteiger partial charge in [0.05, 0.1) is 6.61 Å². The molecule has 0 aromatic carbocycles. The van der Waals surface area contributed by atoms with Crippen LogP contribution >= 0.6 is 11.6 Å². The molecule has 68 valence electrons. The molecule has 1 aliphatic rings. The van der Waals surface area contributed by atoms with Gasteiger partial charge in [-0.3, -0.25) is 4.90 Å². The van der Waals surface area contributed by atoms with Crippen LogP contribution in [-0.4, -0.2) is 36.2 Å². The molecule has 0 saturated carbocycles. The molecule has 0 aliphatic carbocycles. The number of rotatable bonds is 6. The summed E-state index contributed by atoms with van der Waals surface area (Å²) >= 11 is 6.11. The van der Waals surface area contributed by atoms with E-state index in [0.29, 0.717) is 0 Å². The molecule has 0 aromatic rings. The lowest BCUT2D eigenvalue weighted by molar-refractivity contribution is 0.254. The van der Waals surface area contributed by atoms with E-state index in [1.54, 1.807) is 0 Å². The maximum atomic E-state index is 6.11. The molecule has 0 amide bonds. The van der Waals surface area contributed by atoms with E-state index in [4.69, 9.17) is 16.3 Å². The van der Waals surface area contributed by atoms with Crippen LogP contribution in [0.2, 0.25) is 0 Å². The summed E-state index contributed by atoms with van der Waals surface area (Å²) in [4.78, 5) is 2.07. The lowest BCUT2D eigenvalue weighted by atomic mass is 10.3. The van der Waals surface area contributed by atoms with Crippen LogP contribution in [0.5, 0.6) is 0 Å². The highest BCUT2D eigenvalue weighted by molar-refractivity contribution is 6.20. The van der Waals surface area contributed by atoms with E-state index in [1.165, 1.54) is 0 Å². The zero-order valence-corrected chi connectivity index (χ0v) is 7.83. The van der Waals surface area contributed by atoms with Gasteiger partial charge in [0.25, 0.3) is 0 Å². The van der Waals surface area contributed by atoms with Crippen molar-refractivity contribution in [2.24, 2.45) is 0 Å². The molecule has 0 bridgehead atoms. The van der Waals surface area contributed by atoms with Gasteiger partial charge in [0.15, 0.2) is 0 Å². The van der Waals surface area contributed by atoms with Gasteiger partial charge in [-0.2, -0.15) is 0 Å². The first-order valence-electron chi connectivity index (χ1n) is 4.01. The molecular formula is C9H14ClNO. The van der Waals surface area contributed by atoms with E-state index in [-0.39, 0.29) is 11.6 Å². The van der Waals surface area contributed by atoms with E-state index in [0.717, 1.165) is 19.7 Å². The van der Waals surface area contributed by atoms with Crippen LogP contribution in [-0.2, 0) is 4.74 Å². The fraction of sp³-hybridized carbons (Fsp3) is 0.556. The largest absolute Gasteiger partial charge is 0.370 e. The van der Waals surface area contributed by atoms with Crippen molar-refractivity contribution in [1.82, 2.24) is 4.90 Å². The van der Waals surface area contributed by atoms with Crippen LogP contribution in [0.4, 0.5) is 0 Å². The topological polar surface area (TPSA) is 15.8 Å². The first-order valence-corrected chi connectivity index (χ1v) is 4.44. The molecule has 0 radical (unpaired) electrons. The average molecular weight is 188 g/mol. The minimum Gasteiger partial charge on any atom is -0.370 e. The Balaban J connectivity index is 2.37. The van der Waals surface area contributed by atoms with Gasteiger partial charge in [0.2, 0.25) is 0 Å². The van der Waals surface area contributed by atoms with Gasteiger partial charge in [-0.1, -0.05) is 12.2 Å². The summed E-state index contributed by atoms with van der Waals surface area (Å²) in [5.74, 6) is 0. The standard InChI is InChI=1S/C9H14ClNO/c1-3-5-11(6-4-2)9(10)8-7-12-8/h3-4,8-9H,1-2,5-7H2. The van der Waals surface area contributed by atoms with Crippen molar-refractivity contribution in [1.29, 1.82) is 0 Å². The van der Waals surface area contributed by atoms with E-state index >= 15 is 0 Å². The molecule has 1 heterocycles. The third-order valence-corrected chi connectivity index (χ3v) is 2.30. The molecule has 3 heteroatoms. The maximum Gasteiger partial charge on any atom is 0.114 e. The zero-order valence-electron chi connectivity index (χ0n) is 7.08. The van der Waals surface area contributed by atoms with Crippen molar-refractivity contribution in [2.75, 3.05) is 19.7 Å². The Hall–Kier alpha value is -0.310. The Bertz CT molecular complexity index is 158. The molecule has 0 aromatic heterocycles. The molecule has 12 heavy (non-hydrogen) atoms. The number of nitrogens with zero attached hydrogens (tertiary/aromatic N) is 1. The number of ether oxygens (including phenoxy) is 1. The highest BCUT2D eigenvalue weighted by Crippen LogP contribution is 2.22. The minimum absolute atomic E-state index is 0.0407. The molecule has 1 rings (SSSR count). The van der Waals surface area contributed by atoms with Crippen molar-refractivity contribution in [3.05, 3.63) is 25.3 Å². The molecule has 1 fully saturated rings. The second-order valence-electron chi connectivity index (χ2n) is 2.78. The third kappa shape index (κ3) is 2.63. The Labute approximate surface area is 78.5 Å².